The minimum atomic E-state index is 0.541. The van der Waals surface area contributed by atoms with Gasteiger partial charge in [0.15, 0.2) is 5.96 Å². The predicted octanol–water partition coefficient (Wildman–Crippen LogP) is 1.28. The van der Waals surface area contributed by atoms with Crippen LogP contribution in [0.5, 0.6) is 0 Å². The zero-order valence-electron chi connectivity index (χ0n) is 9.95. The van der Waals surface area contributed by atoms with E-state index in [-0.39, 0.29) is 0 Å². The van der Waals surface area contributed by atoms with Gasteiger partial charge in [0.05, 0.1) is 13.2 Å². The SMILES string of the molecule is C=CCCOCCNC(N)=NCC1CCC1. The maximum atomic E-state index is 5.71. The van der Waals surface area contributed by atoms with Crippen molar-refractivity contribution in [1.29, 1.82) is 0 Å². The summed E-state index contributed by atoms with van der Waals surface area (Å²) in [6.45, 7) is 6.60. The summed E-state index contributed by atoms with van der Waals surface area (Å²) in [6, 6.07) is 0. The Morgan fingerprint density at radius 1 is 1.50 bits per heavy atom. The molecule has 0 unspecified atom stereocenters. The Morgan fingerprint density at radius 2 is 2.31 bits per heavy atom. The lowest BCUT2D eigenvalue weighted by Gasteiger charge is -2.23. The van der Waals surface area contributed by atoms with E-state index in [2.05, 4.69) is 16.9 Å². The number of hydrogen-bond donors (Lipinski definition) is 2. The molecule has 4 heteroatoms. The largest absolute Gasteiger partial charge is 0.379 e. The lowest BCUT2D eigenvalue weighted by Crippen LogP contribution is -2.35. The van der Waals surface area contributed by atoms with E-state index >= 15 is 0 Å². The number of nitrogens with two attached hydrogens (primary N) is 1. The summed E-state index contributed by atoms with van der Waals surface area (Å²) in [5.41, 5.74) is 5.71. The number of ether oxygens (including phenoxy) is 1. The van der Waals surface area contributed by atoms with Crippen LogP contribution in [0.25, 0.3) is 0 Å². The van der Waals surface area contributed by atoms with E-state index in [1.807, 2.05) is 6.08 Å². The first-order valence-corrected chi connectivity index (χ1v) is 6.05. The molecule has 0 aromatic carbocycles. The first-order valence-electron chi connectivity index (χ1n) is 6.05. The quantitative estimate of drug-likeness (QED) is 0.283. The number of hydrogen-bond acceptors (Lipinski definition) is 2. The van der Waals surface area contributed by atoms with E-state index in [1.165, 1.54) is 19.3 Å². The zero-order valence-corrected chi connectivity index (χ0v) is 9.95. The van der Waals surface area contributed by atoms with Crippen molar-refractivity contribution in [3.63, 3.8) is 0 Å². The van der Waals surface area contributed by atoms with Gasteiger partial charge < -0.3 is 15.8 Å². The van der Waals surface area contributed by atoms with Crippen LogP contribution in [0.15, 0.2) is 17.6 Å². The van der Waals surface area contributed by atoms with Crippen LogP contribution in [0.2, 0.25) is 0 Å². The molecule has 0 heterocycles. The van der Waals surface area contributed by atoms with Crippen LogP contribution in [0, 0.1) is 5.92 Å². The summed E-state index contributed by atoms with van der Waals surface area (Å²) in [4.78, 5) is 4.29. The maximum Gasteiger partial charge on any atom is 0.188 e. The minimum Gasteiger partial charge on any atom is -0.379 e. The highest BCUT2D eigenvalue weighted by molar-refractivity contribution is 5.77. The highest BCUT2D eigenvalue weighted by Crippen LogP contribution is 2.26. The Morgan fingerprint density at radius 3 is 2.94 bits per heavy atom. The van der Waals surface area contributed by atoms with Gasteiger partial charge in [0.2, 0.25) is 0 Å². The van der Waals surface area contributed by atoms with Crippen molar-refractivity contribution in [3.05, 3.63) is 12.7 Å². The first-order chi connectivity index (χ1) is 7.83. The Bertz CT molecular complexity index is 224. The average Bonchev–Trinajstić information content (AvgIpc) is 2.21. The fraction of sp³-hybridized carbons (Fsp3) is 0.750. The molecule has 0 aromatic rings. The molecule has 0 spiro atoms. The van der Waals surface area contributed by atoms with Crippen LogP contribution in [-0.2, 0) is 4.74 Å². The molecule has 16 heavy (non-hydrogen) atoms. The monoisotopic (exact) mass is 225 g/mol. The molecule has 0 aliphatic heterocycles. The minimum absolute atomic E-state index is 0.541. The molecule has 0 aromatic heterocycles. The van der Waals surface area contributed by atoms with Crippen molar-refractivity contribution in [3.8, 4) is 0 Å². The van der Waals surface area contributed by atoms with Crippen LogP contribution >= 0.6 is 0 Å². The number of rotatable bonds is 8. The average molecular weight is 225 g/mol. The van der Waals surface area contributed by atoms with Crippen molar-refractivity contribution in [1.82, 2.24) is 5.32 Å². The summed E-state index contributed by atoms with van der Waals surface area (Å²) < 4.78 is 5.34. The molecule has 3 N–H and O–H groups in total. The summed E-state index contributed by atoms with van der Waals surface area (Å²) in [5.74, 6) is 1.31. The molecule has 1 fully saturated rings. The topological polar surface area (TPSA) is 59.6 Å². The molecule has 0 amide bonds. The molecule has 92 valence electrons. The Hall–Kier alpha value is -1.03. The molecule has 0 saturated heterocycles. The standard InChI is InChI=1S/C12H23N3O/c1-2-3-8-16-9-7-14-12(13)15-10-11-5-4-6-11/h2,11H,1,3-10H2,(H3,13,14,15). The van der Waals surface area contributed by atoms with Crippen molar-refractivity contribution >= 4 is 5.96 Å². The fourth-order valence-corrected chi connectivity index (χ4v) is 1.48. The lowest BCUT2D eigenvalue weighted by atomic mass is 9.86. The van der Waals surface area contributed by atoms with E-state index in [4.69, 9.17) is 10.5 Å². The summed E-state index contributed by atoms with van der Waals surface area (Å²) in [7, 11) is 0. The number of guanidine groups is 1. The van der Waals surface area contributed by atoms with E-state index in [0.717, 1.165) is 32.0 Å². The van der Waals surface area contributed by atoms with Gasteiger partial charge in [0.1, 0.15) is 0 Å². The van der Waals surface area contributed by atoms with Gasteiger partial charge in [0, 0.05) is 13.1 Å². The van der Waals surface area contributed by atoms with Crippen molar-refractivity contribution < 1.29 is 4.74 Å². The van der Waals surface area contributed by atoms with Crippen LogP contribution < -0.4 is 11.1 Å². The highest BCUT2D eigenvalue weighted by Gasteiger charge is 2.16. The Balaban J connectivity index is 1.92. The van der Waals surface area contributed by atoms with Gasteiger partial charge in [-0.05, 0) is 25.2 Å². The van der Waals surface area contributed by atoms with E-state index in [1.54, 1.807) is 0 Å². The fourth-order valence-electron chi connectivity index (χ4n) is 1.48. The maximum absolute atomic E-state index is 5.71. The normalized spacial score (nSPS) is 16.9. The predicted molar refractivity (Wildman–Crippen MR) is 67.5 cm³/mol. The third kappa shape index (κ3) is 5.75. The van der Waals surface area contributed by atoms with E-state index in [9.17, 15) is 0 Å². The van der Waals surface area contributed by atoms with Crippen molar-refractivity contribution in [2.24, 2.45) is 16.6 Å². The molecule has 1 rings (SSSR count). The van der Waals surface area contributed by atoms with Gasteiger partial charge in [-0.2, -0.15) is 0 Å². The van der Waals surface area contributed by atoms with Crippen LogP contribution in [0.3, 0.4) is 0 Å². The Labute approximate surface area is 98.0 Å². The van der Waals surface area contributed by atoms with Gasteiger partial charge in [0.25, 0.3) is 0 Å². The van der Waals surface area contributed by atoms with Crippen LogP contribution in [-0.4, -0.2) is 32.3 Å². The molecule has 0 bridgehead atoms. The zero-order chi connectivity index (χ0) is 11.6. The Kier molecular flexibility index (Phi) is 6.65. The smallest absolute Gasteiger partial charge is 0.188 e. The molecular formula is C12H23N3O. The highest BCUT2D eigenvalue weighted by atomic mass is 16.5. The molecule has 1 saturated carbocycles. The van der Waals surface area contributed by atoms with Gasteiger partial charge in [-0.25, -0.2) is 0 Å². The number of aliphatic imine (C=N–C) groups is 1. The second-order valence-corrected chi connectivity index (χ2v) is 4.14. The van der Waals surface area contributed by atoms with Crippen molar-refractivity contribution in [2.45, 2.75) is 25.7 Å². The molecule has 4 nitrogen and oxygen atoms in total. The number of nitrogens with zero attached hydrogens (tertiary/aromatic N) is 1. The first kappa shape index (κ1) is 13.0. The third-order valence-corrected chi connectivity index (χ3v) is 2.76. The second kappa shape index (κ2) is 8.16. The molecule has 0 atom stereocenters. The molecule has 1 aliphatic carbocycles. The molecular weight excluding hydrogens is 202 g/mol. The summed E-state index contributed by atoms with van der Waals surface area (Å²) >= 11 is 0. The second-order valence-electron chi connectivity index (χ2n) is 4.14. The van der Waals surface area contributed by atoms with Gasteiger partial charge >= 0.3 is 0 Å². The van der Waals surface area contributed by atoms with Gasteiger partial charge in [-0.15, -0.1) is 6.58 Å². The van der Waals surface area contributed by atoms with Crippen molar-refractivity contribution in [2.75, 3.05) is 26.3 Å². The van der Waals surface area contributed by atoms with Crippen LogP contribution in [0.4, 0.5) is 0 Å². The van der Waals surface area contributed by atoms with E-state index < -0.39 is 0 Å². The summed E-state index contributed by atoms with van der Waals surface area (Å²) in [6.07, 6.45) is 6.71. The molecule has 1 aliphatic rings. The van der Waals surface area contributed by atoms with Gasteiger partial charge in [-0.3, -0.25) is 4.99 Å². The van der Waals surface area contributed by atoms with Gasteiger partial charge in [-0.1, -0.05) is 12.5 Å². The lowest BCUT2D eigenvalue weighted by molar-refractivity contribution is 0.143. The third-order valence-electron chi connectivity index (χ3n) is 2.76. The molecule has 0 radical (unpaired) electrons. The summed E-state index contributed by atoms with van der Waals surface area (Å²) in [5, 5.41) is 3.04. The van der Waals surface area contributed by atoms with E-state index in [0.29, 0.717) is 12.6 Å². The van der Waals surface area contributed by atoms with Crippen LogP contribution in [0.1, 0.15) is 25.7 Å². The number of nitrogens with one attached hydrogen (secondary N) is 1.